The van der Waals surface area contributed by atoms with Crippen molar-refractivity contribution >= 4 is 0 Å². The number of fused-ring (bicyclic) bond motifs is 1. The second-order valence-corrected chi connectivity index (χ2v) is 8.07. The number of aliphatic hydroxyl groups is 1. The van der Waals surface area contributed by atoms with Gasteiger partial charge in [0.05, 0.1) is 6.61 Å². The van der Waals surface area contributed by atoms with Gasteiger partial charge in [0.25, 0.3) is 0 Å². The molecule has 3 unspecified atom stereocenters. The Morgan fingerprint density at radius 2 is 1.29 bits per heavy atom. The van der Waals surface area contributed by atoms with E-state index in [1.165, 1.54) is 12.8 Å². The quantitative estimate of drug-likeness (QED) is 0.789. The Kier molecular flexibility index (Phi) is 3.92. The number of aliphatic hydroxyl groups excluding tert-OH is 1. The van der Waals surface area contributed by atoms with Gasteiger partial charge in [0.15, 0.2) is 17.9 Å². The third-order valence-corrected chi connectivity index (χ3v) is 6.40. The van der Waals surface area contributed by atoms with Crippen molar-refractivity contribution in [3.63, 3.8) is 0 Å². The predicted molar refractivity (Wildman–Crippen MR) is 83.1 cm³/mol. The molecule has 6 heteroatoms. The molecular formula is C18H28O6. The van der Waals surface area contributed by atoms with Crippen LogP contribution < -0.4 is 0 Å². The molecule has 2 saturated carbocycles. The molecule has 0 aromatic carbocycles. The third-order valence-electron chi connectivity index (χ3n) is 6.40. The Bertz CT molecular complexity index is 470. The highest BCUT2D eigenvalue weighted by molar-refractivity contribution is 5.01. The van der Waals surface area contributed by atoms with Crippen LogP contribution >= 0.6 is 0 Å². The van der Waals surface area contributed by atoms with Gasteiger partial charge in [-0.3, -0.25) is 0 Å². The SMILES string of the molecule is OC1O[C@@H]([C@H]2COC3(CCCCC3)O2)C2OC3(CCCCC3)OC12. The van der Waals surface area contributed by atoms with E-state index in [1.54, 1.807) is 0 Å². The molecule has 0 amide bonds. The Hall–Kier alpha value is -0.240. The fraction of sp³-hybridized carbons (Fsp3) is 1.00. The van der Waals surface area contributed by atoms with Crippen LogP contribution in [0.4, 0.5) is 0 Å². The normalized spacial score (nSPS) is 46.6. The van der Waals surface area contributed by atoms with E-state index in [1.807, 2.05) is 0 Å². The number of hydrogen-bond donors (Lipinski definition) is 1. The molecule has 3 aliphatic heterocycles. The van der Waals surface area contributed by atoms with Crippen LogP contribution in [0.25, 0.3) is 0 Å². The van der Waals surface area contributed by atoms with Gasteiger partial charge >= 0.3 is 0 Å². The molecular weight excluding hydrogens is 312 g/mol. The lowest BCUT2D eigenvalue weighted by Crippen LogP contribution is -2.43. The van der Waals surface area contributed by atoms with Crippen molar-refractivity contribution in [2.45, 2.75) is 106 Å². The minimum absolute atomic E-state index is 0.185. The summed E-state index contributed by atoms with van der Waals surface area (Å²) in [7, 11) is 0. The Labute approximate surface area is 142 Å². The second kappa shape index (κ2) is 5.89. The van der Waals surface area contributed by atoms with E-state index in [0.717, 1.165) is 51.4 Å². The molecule has 0 aromatic heterocycles. The van der Waals surface area contributed by atoms with Crippen molar-refractivity contribution in [3.05, 3.63) is 0 Å². The van der Waals surface area contributed by atoms with Crippen LogP contribution in [0, 0.1) is 0 Å². The van der Waals surface area contributed by atoms with Gasteiger partial charge in [-0.25, -0.2) is 0 Å². The molecule has 6 nitrogen and oxygen atoms in total. The molecule has 0 radical (unpaired) electrons. The topological polar surface area (TPSA) is 66.4 Å². The zero-order valence-corrected chi connectivity index (χ0v) is 14.2. The molecule has 5 fully saturated rings. The van der Waals surface area contributed by atoms with E-state index in [-0.39, 0.29) is 18.3 Å². The van der Waals surface area contributed by atoms with Gasteiger partial charge < -0.3 is 28.8 Å². The second-order valence-electron chi connectivity index (χ2n) is 8.07. The molecule has 0 aromatic rings. The van der Waals surface area contributed by atoms with Gasteiger partial charge in [-0.05, 0) is 25.7 Å². The average Bonchev–Trinajstić information content (AvgIpc) is 3.24. The van der Waals surface area contributed by atoms with Gasteiger partial charge in [-0.1, -0.05) is 12.8 Å². The Morgan fingerprint density at radius 1 is 0.667 bits per heavy atom. The summed E-state index contributed by atoms with van der Waals surface area (Å²) < 4.78 is 30.6. The summed E-state index contributed by atoms with van der Waals surface area (Å²) in [6.07, 6.45) is 8.64. The van der Waals surface area contributed by atoms with Gasteiger partial charge in [0.2, 0.25) is 0 Å². The summed E-state index contributed by atoms with van der Waals surface area (Å²) >= 11 is 0. The fourth-order valence-electron chi connectivity index (χ4n) is 5.17. The first-order valence-electron chi connectivity index (χ1n) is 9.70. The zero-order valence-electron chi connectivity index (χ0n) is 14.2. The van der Waals surface area contributed by atoms with Gasteiger partial charge in [-0.15, -0.1) is 0 Å². The van der Waals surface area contributed by atoms with E-state index >= 15 is 0 Å². The van der Waals surface area contributed by atoms with Crippen molar-refractivity contribution in [1.82, 2.24) is 0 Å². The summed E-state index contributed by atoms with van der Waals surface area (Å²) in [5.41, 5.74) is 0. The average molecular weight is 340 g/mol. The molecule has 1 N–H and O–H groups in total. The molecule has 5 atom stereocenters. The molecule has 3 saturated heterocycles. The van der Waals surface area contributed by atoms with Crippen LogP contribution in [0.2, 0.25) is 0 Å². The molecule has 136 valence electrons. The Morgan fingerprint density at radius 3 is 2.00 bits per heavy atom. The van der Waals surface area contributed by atoms with Crippen LogP contribution in [0.1, 0.15) is 64.2 Å². The summed E-state index contributed by atoms with van der Waals surface area (Å²) in [4.78, 5) is 0. The van der Waals surface area contributed by atoms with Crippen molar-refractivity contribution in [3.8, 4) is 0 Å². The highest BCUT2D eigenvalue weighted by Crippen LogP contribution is 2.48. The van der Waals surface area contributed by atoms with Gasteiger partial charge in [-0.2, -0.15) is 0 Å². The molecule has 3 heterocycles. The zero-order chi connectivity index (χ0) is 16.2. The first-order chi connectivity index (χ1) is 11.7. The van der Waals surface area contributed by atoms with Crippen molar-refractivity contribution in [2.75, 3.05) is 6.61 Å². The standard InChI is InChI=1S/C18H28O6/c19-16-15-14(23-18(24-15)9-5-2-6-10-18)13(21-16)12-11-20-17(22-12)7-3-1-4-8-17/h12-16,19H,1-11H2/t12-,13+,14?,15?,16?/m1/s1. The van der Waals surface area contributed by atoms with Crippen LogP contribution in [0.15, 0.2) is 0 Å². The number of ether oxygens (including phenoxy) is 5. The lowest BCUT2D eigenvalue weighted by Gasteiger charge is -2.35. The van der Waals surface area contributed by atoms with E-state index < -0.39 is 24.0 Å². The molecule has 5 rings (SSSR count). The summed E-state index contributed by atoms with van der Waals surface area (Å²) in [6, 6.07) is 0. The van der Waals surface area contributed by atoms with Crippen LogP contribution in [-0.4, -0.2) is 54.0 Å². The largest absolute Gasteiger partial charge is 0.366 e. The van der Waals surface area contributed by atoms with E-state index in [2.05, 4.69) is 0 Å². The lowest BCUT2D eigenvalue weighted by atomic mass is 9.94. The fourth-order valence-corrected chi connectivity index (χ4v) is 5.17. The lowest BCUT2D eigenvalue weighted by molar-refractivity contribution is -0.260. The van der Waals surface area contributed by atoms with Crippen LogP contribution in [0.3, 0.4) is 0 Å². The summed E-state index contributed by atoms with van der Waals surface area (Å²) in [5, 5.41) is 10.3. The van der Waals surface area contributed by atoms with Crippen molar-refractivity contribution < 1.29 is 28.8 Å². The summed E-state index contributed by atoms with van der Waals surface area (Å²) in [5.74, 6) is -0.949. The monoisotopic (exact) mass is 340 g/mol. The van der Waals surface area contributed by atoms with E-state index in [9.17, 15) is 5.11 Å². The third kappa shape index (κ3) is 2.54. The molecule has 0 bridgehead atoms. The maximum absolute atomic E-state index is 10.3. The van der Waals surface area contributed by atoms with Gasteiger partial charge in [0.1, 0.15) is 24.4 Å². The molecule has 24 heavy (non-hydrogen) atoms. The number of hydrogen-bond acceptors (Lipinski definition) is 6. The van der Waals surface area contributed by atoms with E-state index in [4.69, 9.17) is 23.7 Å². The van der Waals surface area contributed by atoms with Crippen LogP contribution in [0.5, 0.6) is 0 Å². The maximum atomic E-state index is 10.3. The van der Waals surface area contributed by atoms with Crippen molar-refractivity contribution in [1.29, 1.82) is 0 Å². The molecule has 2 aliphatic carbocycles. The highest BCUT2D eigenvalue weighted by Gasteiger charge is 2.61. The molecule has 2 spiro atoms. The van der Waals surface area contributed by atoms with Gasteiger partial charge in [0, 0.05) is 25.7 Å². The minimum atomic E-state index is -0.937. The smallest absolute Gasteiger partial charge is 0.184 e. The maximum Gasteiger partial charge on any atom is 0.184 e. The molecule has 5 aliphatic rings. The van der Waals surface area contributed by atoms with E-state index in [0.29, 0.717) is 6.61 Å². The first-order valence-corrected chi connectivity index (χ1v) is 9.70. The number of rotatable bonds is 1. The predicted octanol–water partition coefficient (Wildman–Crippen LogP) is 2.22. The highest BCUT2D eigenvalue weighted by atomic mass is 16.8. The first kappa shape index (κ1) is 16.0. The summed E-state index contributed by atoms with van der Waals surface area (Å²) in [6.45, 7) is 0.511. The minimum Gasteiger partial charge on any atom is -0.366 e. The Balaban J connectivity index is 1.30. The van der Waals surface area contributed by atoms with Crippen LogP contribution in [-0.2, 0) is 23.7 Å². The van der Waals surface area contributed by atoms with Crippen molar-refractivity contribution in [2.24, 2.45) is 0 Å².